The maximum atomic E-state index is 12.3. The highest BCUT2D eigenvalue weighted by atomic mass is 32.1. The van der Waals surface area contributed by atoms with Crippen LogP contribution in [-0.4, -0.2) is 25.8 Å². The van der Waals surface area contributed by atoms with Crippen molar-refractivity contribution in [1.29, 1.82) is 0 Å². The number of rotatable bonds is 23. The molecule has 0 amide bonds. The zero-order chi connectivity index (χ0) is 24.0. The largest absolute Gasteiger partial charge is 0.489 e. The van der Waals surface area contributed by atoms with Crippen LogP contribution in [0.4, 0.5) is 0 Å². The number of hydrogen-bond acceptors (Lipinski definition) is 5. The molecule has 0 aliphatic heterocycles. The Morgan fingerprint density at radius 2 is 1.12 bits per heavy atom. The summed E-state index contributed by atoms with van der Waals surface area (Å²) in [4.78, 5) is 12.9. The molecule has 0 spiro atoms. The summed E-state index contributed by atoms with van der Waals surface area (Å²) in [6.45, 7) is 8.29. The lowest BCUT2D eigenvalue weighted by Crippen LogP contribution is -2.03. The molecule has 1 heterocycles. The van der Waals surface area contributed by atoms with E-state index in [0.717, 1.165) is 24.3 Å². The van der Waals surface area contributed by atoms with Crippen molar-refractivity contribution in [1.82, 2.24) is 0 Å². The molecule has 0 aromatic carbocycles. The third-order valence-electron chi connectivity index (χ3n) is 5.79. The Labute approximate surface area is 207 Å². The second-order valence-corrected chi connectivity index (χ2v) is 10.1. The van der Waals surface area contributed by atoms with Gasteiger partial charge in [-0.1, -0.05) is 122 Å². The van der Waals surface area contributed by atoms with E-state index in [1.54, 1.807) is 6.07 Å². The lowest BCUT2D eigenvalue weighted by molar-refractivity contribution is 0.0510. The van der Waals surface area contributed by atoms with Crippen LogP contribution in [0.1, 0.15) is 140 Å². The molecule has 0 aliphatic rings. The summed E-state index contributed by atoms with van der Waals surface area (Å²) < 4.78 is 17.4. The highest BCUT2D eigenvalue weighted by Crippen LogP contribution is 2.38. The van der Waals surface area contributed by atoms with E-state index in [-0.39, 0.29) is 5.97 Å². The summed E-state index contributed by atoms with van der Waals surface area (Å²) in [5.74, 6) is 0.423. The maximum absolute atomic E-state index is 12.3. The van der Waals surface area contributed by atoms with E-state index >= 15 is 0 Å². The molecule has 1 rings (SSSR count). The van der Waals surface area contributed by atoms with Crippen molar-refractivity contribution >= 4 is 17.3 Å². The molecular weight excluding hydrogens is 432 g/mol. The molecule has 5 heteroatoms. The van der Waals surface area contributed by atoms with Crippen molar-refractivity contribution < 1.29 is 19.0 Å². The van der Waals surface area contributed by atoms with E-state index < -0.39 is 0 Å². The molecule has 0 bridgehead atoms. The van der Waals surface area contributed by atoms with Crippen LogP contribution < -0.4 is 9.47 Å². The van der Waals surface area contributed by atoms with Gasteiger partial charge in [0.2, 0.25) is 5.06 Å². The third-order valence-corrected chi connectivity index (χ3v) is 6.80. The maximum Gasteiger partial charge on any atom is 0.348 e. The number of unbranched alkanes of at least 4 members (excludes halogenated alkanes) is 14. The molecule has 0 aliphatic carbocycles. The second-order valence-electron chi connectivity index (χ2n) is 9.04. The second kappa shape index (κ2) is 21.3. The minimum atomic E-state index is -0.277. The van der Waals surface area contributed by atoms with Gasteiger partial charge in [0.25, 0.3) is 0 Å². The predicted molar refractivity (Wildman–Crippen MR) is 141 cm³/mol. The van der Waals surface area contributed by atoms with Crippen LogP contribution >= 0.6 is 11.3 Å². The van der Waals surface area contributed by atoms with Crippen molar-refractivity contribution in [2.24, 2.45) is 0 Å². The average Bonchev–Trinajstić information content (AvgIpc) is 3.23. The summed E-state index contributed by atoms with van der Waals surface area (Å²) in [6, 6.07) is 1.80. The van der Waals surface area contributed by atoms with E-state index in [9.17, 15) is 4.79 Å². The first-order chi connectivity index (χ1) is 16.2. The van der Waals surface area contributed by atoms with Gasteiger partial charge in [-0.05, 0) is 19.3 Å². The Kier molecular flexibility index (Phi) is 19.2. The van der Waals surface area contributed by atoms with E-state index in [2.05, 4.69) is 13.8 Å². The summed E-state index contributed by atoms with van der Waals surface area (Å²) >= 11 is 1.35. The SMILES string of the molecule is CCCCCCCCCCOc1cc(C(=O)OCCC)sc1OCCCCCCCCCC. The Morgan fingerprint density at radius 3 is 1.64 bits per heavy atom. The summed E-state index contributed by atoms with van der Waals surface area (Å²) in [7, 11) is 0. The molecule has 4 nitrogen and oxygen atoms in total. The first-order valence-corrected chi connectivity index (χ1v) is 14.6. The molecule has 0 saturated heterocycles. The standard InChI is InChI=1S/C28H50O4S/c1-4-7-9-11-13-15-17-19-22-30-25-24-26(27(29)31-21-6-3)33-28(25)32-23-20-18-16-14-12-10-8-5-2/h24H,4-23H2,1-3H3. The van der Waals surface area contributed by atoms with Crippen LogP contribution in [-0.2, 0) is 4.74 Å². The van der Waals surface area contributed by atoms with Gasteiger partial charge in [0.15, 0.2) is 5.75 Å². The molecule has 33 heavy (non-hydrogen) atoms. The summed E-state index contributed by atoms with van der Waals surface area (Å²) in [6.07, 6.45) is 21.2. The van der Waals surface area contributed by atoms with E-state index in [1.165, 1.54) is 101 Å². The van der Waals surface area contributed by atoms with Crippen LogP contribution in [0.15, 0.2) is 6.07 Å². The van der Waals surface area contributed by atoms with Gasteiger partial charge in [-0.3, -0.25) is 0 Å². The fraction of sp³-hybridized carbons (Fsp3) is 0.821. The molecule has 0 unspecified atom stereocenters. The Balaban J connectivity index is 2.37. The molecular formula is C28H50O4S. The zero-order valence-electron chi connectivity index (χ0n) is 21.8. The van der Waals surface area contributed by atoms with Crippen LogP contribution in [0.5, 0.6) is 10.8 Å². The van der Waals surface area contributed by atoms with Gasteiger partial charge in [-0.15, -0.1) is 0 Å². The number of carbonyl (C=O) groups excluding carboxylic acids is 1. The van der Waals surface area contributed by atoms with Crippen molar-refractivity contribution in [3.8, 4) is 10.8 Å². The topological polar surface area (TPSA) is 44.8 Å². The van der Waals surface area contributed by atoms with Gasteiger partial charge in [0, 0.05) is 6.07 Å². The molecule has 0 radical (unpaired) electrons. The number of ether oxygens (including phenoxy) is 3. The molecule has 0 N–H and O–H groups in total. The highest BCUT2D eigenvalue weighted by molar-refractivity contribution is 7.16. The first kappa shape index (κ1) is 29.8. The normalized spacial score (nSPS) is 11.0. The smallest absolute Gasteiger partial charge is 0.348 e. The Hall–Kier alpha value is -1.23. The minimum Gasteiger partial charge on any atom is -0.489 e. The van der Waals surface area contributed by atoms with Gasteiger partial charge in [-0.2, -0.15) is 0 Å². The molecule has 192 valence electrons. The minimum absolute atomic E-state index is 0.277. The molecule has 1 aromatic heterocycles. The third kappa shape index (κ3) is 15.3. The van der Waals surface area contributed by atoms with Crippen LogP contribution in [0.25, 0.3) is 0 Å². The van der Waals surface area contributed by atoms with E-state index in [0.29, 0.717) is 30.4 Å². The average molecular weight is 483 g/mol. The number of carbonyl (C=O) groups is 1. The van der Waals surface area contributed by atoms with Gasteiger partial charge < -0.3 is 14.2 Å². The van der Waals surface area contributed by atoms with Crippen molar-refractivity contribution in [2.75, 3.05) is 19.8 Å². The first-order valence-electron chi connectivity index (χ1n) is 13.8. The monoisotopic (exact) mass is 482 g/mol. The number of hydrogen-bond donors (Lipinski definition) is 0. The van der Waals surface area contributed by atoms with Gasteiger partial charge in [0.05, 0.1) is 19.8 Å². The lowest BCUT2D eigenvalue weighted by atomic mass is 10.1. The quantitative estimate of drug-likeness (QED) is 0.115. The van der Waals surface area contributed by atoms with Crippen molar-refractivity contribution in [3.05, 3.63) is 10.9 Å². The van der Waals surface area contributed by atoms with Gasteiger partial charge in [0.1, 0.15) is 4.88 Å². The van der Waals surface area contributed by atoms with Crippen molar-refractivity contribution in [3.63, 3.8) is 0 Å². The highest BCUT2D eigenvalue weighted by Gasteiger charge is 2.18. The number of thiophene rings is 1. The van der Waals surface area contributed by atoms with Crippen molar-refractivity contribution in [2.45, 2.75) is 130 Å². The van der Waals surface area contributed by atoms with Crippen LogP contribution in [0.2, 0.25) is 0 Å². The predicted octanol–water partition coefficient (Wildman–Crippen LogP) is 9.35. The van der Waals surface area contributed by atoms with Crippen LogP contribution in [0, 0.1) is 0 Å². The fourth-order valence-corrected chi connectivity index (χ4v) is 4.61. The van der Waals surface area contributed by atoms with Crippen LogP contribution in [0.3, 0.4) is 0 Å². The molecule has 0 saturated carbocycles. The fourth-order valence-electron chi connectivity index (χ4n) is 3.74. The molecule has 0 atom stereocenters. The summed E-state index contributed by atoms with van der Waals surface area (Å²) in [5.41, 5.74) is 0. The Morgan fingerprint density at radius 1 is 0.636 bits per heavy atom. The summed E-state index contributed by atoms with van der Waals surface area (Å²) in [5, 5.41) is 0.723. The van der Waals surface area contributed by atoms with E-state index in [1.807, 2.05) is 6.92 Å². The molecule has 1 aromatic rings. The van der Waals surface area contributed by atoms with E-state index in [4.69, 9.17) is 14.2 Å². The lowest BCUT2D eigenvalue weighted by Gasteiger charge is -2.09. The number of esters is 1. The zero-order valence-corrected chi connectivity index (χ0v) is 22.6. The van der Waals surface area contributed by atoms with Gasteiger partial charge >= 0.3 is 5.97 Å². The Bertz CT molecular complexity index is 545. The molecule has 0 fully saturated rings. The van der Waals surface area contributed by atoms with Gasteiger partial charge in [-0.25, -0.2) is 4.79 Å².